The predicted octanol–water partition coefficient (Wildman–Crippen LogP) is 3.37. The molecular formula is C14H17NO2. The van der Waals surface area contributed by atoms with Gasteiger partial charge in [-0.25, -0.2) is 4.79 Å². The molecule has 3 nitrogen and oxygen atoms in total. The lowest BCUT2D eigenvalue weighted by atomic mass is 10.1. The van der Waals surface area contributed by atoms with Gasteiger partial charge >= 0.3 is 5.97 Å². The van der Waals surface area contributed by atoms with Gasteiger partial charge in [0.1, 0.15) is 5.69 Å². The number of carboxylic acid groups (broad SMARTS) is 1. The van der Waals surface area contributed by atoms with Gasteiger partial charge in [-0.3, -0.25) is 0 Å². The molecule has 0 saturated heterocycles. The Bertz CT molecular complexity index is 581. The summed E-state index contributed by atoms with van der Waals surface area (Å²) in [6.07, 6.45) is 0.928. The van der Waals surface area contributed by atoms with Gasteiger partial charge in [-0.1, -0.05) is 18.6 Å². The van der Waals surface area contributed by atoms with Gasteiger partial charge < -0.3 is 9.67 Å². The van der Waals surface area contributed by atoms with Crippen LogP contribution in [0.25, 0.3) is 10.9 Å². The molecule has 90 valence electrons. The fourth-order valence-electron chi connectivity index (χ4n) is 2.37. The number of carbonyl (C=O) groups is 1. The van der Waals surface area contributed by atoms with E-state index in [0.29, 0.717) is 5.69 Å². The summed E-state index contributed by atoms with van der Waals surface area (Å²) in [5, 5.41) is 10.4. The van der Waals surface area contributed by atoms with E-state index in [1.165, 1.54) is 0 Å². The number of aromatic nitrogens is 1. The Morgan fingerprint density at radius 1 is 1.35 bits per heavy atom. The second-order valence-electron chi connectivity index (χ2n) is 4.45. The maximum Gasteiger partial charge on any atom is 0.352 e. The number of carboxylic acids is 1. The second kappa shape index (κ2) is 4.24. The van der Waals surface area contributed by atoms with E-state index in [2.05, 4.69) is 13.0 Å². The highest BCUT2D eigenvalue weighted by Gasteiger charge is 2.18. The molecule has 2 rings (SSSR count). The van der Waals surface area contributed by atoms with E-state index in [4.69, 9.17) is 0 Å². The van der Waals surface area contributed by atoms with Gasteiger partial charge in [0.05, 0.1) is 0 Å². The topological polar surface area (TPSA) is 42.2 Å². The van der Waals surface area contributed by atoms with Crippen molar-refractivity contribution < 1.29 is 9.90 Å². The van der Waals surface area contributed by atoms with Gasteiger partial charge in [-0.2, -0.15) is 0 Å². The monoisotopic (exact) mass is 231 g/mol. The highest BCUT2D eigenvalue weighted by Crippen LogP contribution is 2.27. The molecule has 0 aliphatic heterocycles. The Morgan fingerprint density at radius 2 is 2.06 bits per heavy atom. The maximum absolute atomic E-state index is 11.4. The van der Waals surface area contributed by atoms with Crippen LogP contribution in [0.15, 0.2) is 18.2 Å². The van der Waals surface area contributed by atoms with E-state index in [0.717, 1.165) is 35.0 Å². The Kier molecular flexibility index (Phi) is 2.92. The zero-order valence-electron chi connectivity index (χ0n) is 10.4. The third kappa shape index (κ3) is 1.82. The van der Waals surface area contributed by atoms with Crippen LogP contribution >= 0.6 is 0 Å². The van der Waals surface area contributed by atoms with Crippen LogP contribution in [-0.4, -0.2) is 15.6 Å². The van der Waals surface area contributed by atoms with E-state index >= 15 is 0 Å². The van der Waals surface area contributed by atoms with Gasteiger partial charge in [0.2, 0.25) is 0 Å². The lowest BCUT2D eigenvalue weighted by Crippen LogP contribution is -2.09. The number of hydrogen-bond donors (Lipinski definition) is 1. The molecule has 1 aromatic carbocycles. The molecule has 0 aliphatic rings. The lowest BCUT2D eigenvalue weighted by Gasteiger charge is -2.06. The lowest BCUT2D eigenvalue weighted by molar-refractivity contribution is 0.0684. The van der Waals surface area contributed by atoms with Crippen LogP contribution < -0.4 is 0 Å². The van der Waals surface area contributed by atoms with Crippen molar-refractivity contribution in [3.05, 3.63) is 35.0 Å². The molecule has 1 N–H and O–H groups in total. The van der Waals surface area contributed by atoms with Crippen LogP contribution in [0.3, 0.4) is 0 Å². The SMILES string of the molecule is CCCn1c(C(=O)O)c(C)c2cc(C)ccc21. The largest absolute Gasteiger partial charge is 0.477 e. The van der Waals surface area contributed by atoms with Gasteiger partial charge in [0.15, 0.2) is 0 Å². The fraction of sp³-hybridized carbons (Fsp3) is 0.357. The van der Waals surface area contributed by atoms with E-state index in [-0.39, 0.29) is 0 Å². The van der Waals surface area contributed by atoms with Crippen molar-refractivity contribution in [1.29, 1.82) is 0 Å². The first-order chi connectivity index (χ1) is 8.06. The predicted molar refractivity (Wildman–Crippen MR) is 68.7 cm³/mol. The number of rotatable bonds is 3. The molecule has 0 saturated carbocycles. The van der Waals surface area contributed by atoms with E-state index in [9.17, 15) is 9.90 Å². The quantitative estimate of drug-likeness (QED) is 0.880. The average Bonchev–Trinajstić information content (AvgIpc) is 2.53. The molecular weight excluding hydrogens is 214 g/mol. The molecule has 0 spiro atoms. The summed E-state index contributed by atoms with van der Waals surface area (Å²) in [6, 6.07) is 6.10. The molecule has 0 aliphatic carbocycles. The van der Waals surface area contributed by atoms with Crippen molar-refractivity contribution in [1.82, 2.24) is 4.57 Å². The normalized spacial score (nSPS) is 11.0. The molecule has 2 aromatic rings. The molecule has 1 aromatic heterocycles. The minimum absolute atomic E-state index is 0.424. The number of fused-ring (bicyclic) bond motifs is 1. The van der Waals surface area contributed by atoms with Crippen molar-refractivity contribution >= 4 is 16.9 Å². The molecule has 0 radical (unpaired) electrons. The summed E-state index contributed by atoms with van der Waals surface area (Å²) in [5.74, 6) is -0.843. The first-order valence-corrected chi connectivity index (χ1v) is 5.89. The molecule has 0 unspecified atom stereocenters. The number of hydrogen-bond acceptors (Lipinski definition) is 1. The summed E-state index contributed by atoms with van der Waals surface area (Å²) in [6.45, 7) is 6.71. The van der Waals surface area contributed by atoms with Crippen molar-refractivity contribution in [3.63, 3.8) is 0 Å². The molecule has 0 fully saturated rings. The minimum atomic E-state index is -0.843. The molecule has 3 heteroatoms. The smallest absolute Gasteiger partial charge is 0.352 e. The Hall–Kier alpha value is -1.77. The van der Waals surface area contributed by atoms with Crippen LogP contribution in [0.5, 0.6) is 0 Å². The Morgan fingerprint density at radius 3 is 2.65 bits per heavy atom. The average molecular weight is 231 g/mol. The standard InChI is InChI=1S/C14H17NO2/c1-4-7-15-12-6-5-9(2)8-11(12)10(3)13(15)14(16)17/h5-6,8H,4,7H2,1-3H3,(H,16,17). The van der Waals surface area contributed by atoms with E-state index in [1.807, 2.05) is 30.5 Å². The molecule has 1 heterocycles. The molecule has 0 bridgehead atoms. The maximum atomic E-state index is 11.4. The van der Waals surface area contributed by atoms with Crippen molar-refractivity contribution in [2.24, 2.45) is 0 Å². The third-order valence-electron chi connectivity index (χ3n) is 3.12. The Labute approximate surface area is 101 Å². The minimum Gasteiger partial charge on any atom is -0.477 e. The summed E-state index contributed by atoms with van der Waals surface area (Å²) >= 11 is 0. The zero-order valence-corrected chi connectivity index (χ0v) is 10.4. The van der Waals surface area contributed by atoms with Gasteiger partial charge in [0.25, 0.3) is 0 Å². The number of aromatic carboxylic acids is 1. The zero-order chi connectivity index (χ0) is 12.6. The third-order valence-corrected chi connectivity index (χ3v) is 3.12. The highest BCUT2D eigenvalue weighted by atomic mass is 16.4. The molecule has 17 heavy (non-hydrogen) atoms. The summed E-state index contributed by atoms with van der Waals surface area (Å²) in [4.78, 5) is 11.4. The van der Waals surface area contributed by atoms with Gasteiger partial charge in [-0.15, -0.1) is 0 Å². The van der Waals surface area contributed by atoms with Crippen LogP contribution in [0.1, 0.15) is 35.0 Å². The molecule has 0 atom stereocenters. The van der Waals surface area contributed by atoms with Crippen molar-refractivity contribution in [2.75, 3.05) is 0 Å². The molecule has 0 amide bonds. The number of aryl methyl sites for hydroxylation is 3. The Balaban J connectivity index is 2.82. The number of benzene rings is 1. The van der Waals surface area contributed by atoms with Crippen LogP contribution in [-0.2, 0) is 6.54 Å². The van der Waals surface area contributed by atoms with Crippen LogP contribution in [0.4, 0.5) is 0 Å². The van der Waals surface area contributed by atoms with Gasteiger partial charge in [0, 0.05) is 17.4 Å². The second-order valence-corrected chi connectivity index (χ2v) is 4.45. The highest BCUT2D eigenvalue weighted by molar-refractivity contribution is 5.98. The number of nitrogens with zero attached hydrogens (tertiary/aromatic N) is 1. The summed E-state index contributed by atoms with van der Waals surface area (Å²) in [7, 11) is 0. The van der Waals surface area contributed by atoms with Crippen molar-refractivity contribution in [3.8, 4) is 0 Å². The van der Waals surface area contributed by atoms with Crippen molar-refractivity contribution in [2.45, 2.75) is 33.7 Å². The summed E-state index contributed by atoms with van der Waals surface area (Å²) in [5.41, 5.74) is 3.47. The first-order valence-electron chi connectivity index (χ1n) is 5.89. The fourth-order valence-corrected chi connectivity index (χ4v) is 2.37. The first kappa shape index (κ1) is 11.7. The van der Waals surface area contributed by atoms with E-state index in [1.54, 1.807) is 0 Å². The van der Waals surface area contributed by atoms with Crippen LogP contribution in [0, 0.1) is 13.8 Å². The van der Waals surface area contributed by atoms with E-state index < -0.39 is 5.97 Å². The summed E-state index contributed by atoms with van der Waals surface area (Å²) < 4.78 is 1.91. The van der Waals surface area contributed by atoms with Crippen LogP contribution in [0.2, 0.25) is 0 Å². The van der Waals surface area contributed by atoms with Gasteiger partial charge in [-0.05, 0) is 38.0 Å².